The van der Waals surface area contributed by atoms with Gasteiger partial charge in [0, 0.05) is 21.4 Å². The van der Waals surface area contributed by atoms with Crippen molar-refractivity contribution in [2.24, 2.45) is 4.99 Å². The Morgan fingerprint density at radius 2 is 1.80 bits per heavy atom. The second-order valence-corrected chi connectivity index (χ2v) is 5.25. The summed E-state index contributed by atoms with van der Waals surface area (Å²) in [4.78, 5) is 4.34. The molecular formula is C15H14INO3. The molecule has 0 heterocycles. The van der Waals surface area contributed by atoms with Crippen LogP contribution in [-0.2, 0) is 0 Å². The van der Waals surface area contributed by atoms with Gasteiger partial charge in [0.2, 0.25) is 0 Å². The molecule has 0 aliphatic carbocycles. The van der Waals surface area contributed by atoms with Gasteiger partial charge in [0.25, 0.3) is 0 Å². The predicted molar refractivity (Wildman–Crippen MR) is 87.6 cm³/mol. The van der Waals surface area contributed by atoms with E-state index in [2.05, 4.69) is 27.6 Å². The number of hydrogen-bond donors (Lipinski definition) is 1. The molecule has 0 saturated heterocycles. The van der Waals surface area contributed by atoms with Crippen molar-refractivity contribution in [3.05, 3.63) is 45.5 Å². The zero-order chi connectivity index (χ0) is 14.5. The van der Waals surface area contributed by atoms with Crippen molar-refractivity contribution >= 4 is 34.5 Å². The van der Waals surface area contributed by atoms with E-state index in [1.165, 1.54) is 0 Å². The normalized spacial score (nSPS) is 10.8. The maximum Gasteiger partial charge on any atom is 0.162 e. The zero-order valence-electron chi connectivity index (χ0n) is 11.1. The Kier molecular flexibility index (Phi) is 4.84. The summed E-state index contributed by atoms with van der Waals surface area (Å²) in [6.07, 6.45) is 1.62. The minimum absolute atomic E-state index is 0.203. The van der Waals surface area contributed by atoms with Crippen molar-refractivity contribution in [1.29, 1.82) is 0 Å². The molecule has 0 fully saturated rings. The van der Waals surface area contributed by atoms with E-state index in [1.54, 1.807) is 38.6 Å². The fraction of sp³-hybridized carbons (Fsp3) is 0.133. The number of nitrogens with zero attached hydrogens (tertiary/aromatic N) is 1. The summed E-state index contributed by atoms with van der Waals surface area (Å²) < 4.78 is 11.4. The van der Waals surface area contributed by atoms with Crippen molar-refractivity contribution in [3.63, 3.8) is 0 Å². The molecule has 0 radical (unpaired) electrons. The molecule has 5 heteroatoms. The van der Waals surface area contributed by atoms with E-state index in [9.17, 15) is 5.11 Å². The summed E-state index contributed by atoms with van der Waals surface area (Å²) in [6.45, 7) is 0. The van der Waals surface area contributed by atoms with Crippen LogP contribution < -0.4 is 9.47 Å². The number of methoxy groups -OCH3 is 2. The minimum atomic E-state index is 0.203. The van der Waals surface area contributed by atoms with Crippen molar-refractivity contribution in [2.75, 3.05) is 14.2 Å². The van der Waals surface area contributed by atoms with E-state index in [-0.39, 0.29) is 5.75 Å². The van der Waals surface area contributed by atoms with Crippen LogP contribution in [0.4, 0.5) is 5.69 Å². The predicted octanol–water partition coefficient (Wildman–Crippen LogP) is 3.76. The third-order valence-corrected chi connectivity index (χ3v) is 3.38. The van der Waals surface area contributed by atoms with Gasteiger partial charge in [0.05, 0.1) is 19.9 Å². The second-order valence-electron chi connectivity index (χ2n) is 4.00. The number of aliphatic imine (C=N–C) groups is 1. The van der Waals surface area contributed by atoms with Crippen LogP contribution in [0.5, 0.6) is 17.2 Å². The number of halogens is 1. The molecule has 0 saturated carbocycles. The standard InChI is InChI=1S/C15H14INO3/c1-19-14-6-4-12(8-15(14)20-2)17-9-10-7-11(16)3-5-13(10)18/h3-9,18H,1-2H3/b17-9+. The number of hydrogen-bond acceptors (Lipinski definition) is 4. The van der Waals surface area contributed by atoms with Gasteiger partial charge in [0.1, 0.15) is 5.75 Å². The summed E-state index contributed by atoms with van der Waals surface area (Å²) in [5.41, 5.74) is 1.40. The number of aromatic hydroxyl groups is 1. The van der Waals surface area contributed by atoms with Crippen molar-refractivity contribution < 1.29 is 14.6 Å². The van der Waals surface area contributed by atoms with E-state index < -0.39 is 0 Å². The molecule has 0 atom stereocenters. The van der Waals surface area contributed by atoms with Crippen LogP contribution in [0.3, 0.4) is 0 Å². The third-order valence-electron chi connectivity index (χ3n) is 2.71. The topological polar surface area (TPSA) is 51.0 Å². The van der Waals surface area contributed by atoms with E-state index in [0.717, 1.165) is 9.26 Å². The molecule has 4 nitrogen and oxygen atoms in total. The average Bonchev–Trinajstić information content (AvgIpc) is 2.47. The second kappa shape index (κ2) is 6.60. The Hall–Kier alpha value is -1.76. The molecule has 2 aromatic carbocycles. The summed E-state index contributed by atoms with van der Waals surface area (Å²) in [7, 11) is 3.17. The van der Waals surface area contributed by atoms with Crippen molar-refractivity contribution in [2.45, 2.75) is 0 Å². The molecule has 2 aromatic rings. The first-order chi connectivity index (χ1) is 9.63. The highest BCUT2D eigenvalue weighted by atomic mass is 127. The van der Waals surface area contributed by atoms with E-state index >= 15 is 0 Å². The monoisotopic (exact) mass is 383 g/mol. The van der Waals surface area contributed by atoms with Gasteiger partial charge in [-0.3, -0.25) is 4.99 Å². The SMILES string of the molecule is COc1ccc(/N=C/c2cc(I)ccc2O)cc1OC. The largest absolute Gasteiger partial charge is 0.507 e. The Morgan fingerprint density at radius 1 is 1.05 bits per heavy atom. The lowest BCUT2D eigenvalue weighted by atomic mass is 10.2. The summed E-state index contributed by atoms with van der Waals surface area (Å²) in [6, 6.07) is 10.7. The van der Waals surface area contributed by atoms with Gasteiger partial charge >= 0.3 is 0 Å². The van der Waals surface area contributed by atoms with Crippen LogP contribution in [-0.4, -0.2) is 25.5 Å². The van der Waals surface area contributed by atoms with Crippen molar-refractivity contribution in [1.82, 2.24) is 0 Å². The zero-order valence-corrected chi connectivity index (χ0v) is 13.3. The molecule has 0 spiro atoms. The maximum absolute atomic E-state index is 9.76. The number of benzene rings is 2. The Morgan fingerprint density at radius 3 is 2.50 bits per heavy atom. The summed E-state index contributed by atoms with van der Waals surface area (Å²) >= 11 is 2.19. The molecule has 0 unspecified atom stereocenters. The molecule has 0 bridgehead atoms. The van der Waals surface area contributed by atoms with E-state index in [4.69, 9.17) is 9.47 Å². The first kappa shape index (κ1) is 14.6. The maximum atomic E-state index is 9.76. The first-order valence-corrected chi connectivity index (χ1v) is 6.96. The molecule has 0 aliphatic rings. The fourth-order valence-corrected chi connectivity index (χ4v) is 2.19. The van der Waals surface area contributed by atoms with Crippen LogP contribution in [0.2, 0.25) is 0 Å². The minimum Gasteiger partial charge on any atom is -0.507 e. The molecule has 20 heavy (non-hydrogen) atoms. The lowest BCUT2D eigenvalue weighted by Crippen LogP contribution is -1.89. The van der Waals surface area contributed by atoms with Gasteiger partial charge < -0.3 is 14.6 Å². The lowest BCUT2D eigenvalue weighted by molar-refractivity contribution is 0.355. The van der Waals surface area contributed by atoms with Crippen LogP contribution in [0.15, 0.2) is 41.4 Å². The molecule has 2 rings (SSSR count). The molecule has 1 N–H and O–H groups in total. The van der Waals surface area contributed by atoms with Gasteiger partial charge in [-0.05, 0) is 52.9 Å². The quantitative estimate of drug-likeness (QED) is 0.646. The summed E-state index contributed by atoms with van der Waals surface area (Å²) in [5, 5.41) is 9.76. The molecule has 0 aromatic heterocycles. The van der Waals surface area contributed by atoms with Gasteiger partial charge in [-0.15, -0.1) is 0 Å². The Labute approximate surface area is 131 Å². The van der Waals surface area contributed by atoms with Gasteiger partial charge in [-0.1, -0.05) is 0 Å². The highest BCUT2D eigenvalue weighted by Crippen LogP contribution is 2.31. The van der Waals surface area contributed by atoms with E-state index in [0.29, 0.717) is 17.1 Å². The van der Waals surface area contributed by atoms with Gasteiger partial charge in [0.15, 0.2) is 11.5 Å². The smallest absolute Gasteiger partial charge is 0.162 e. The average molecular weight is 383 g/mol. The highest BCUT2D eigenvalue weighted by Gasteiger charge is 2.04. The van der Waals surface area contributed by atoms with Crippen molar-refractivity contribution in [3.8, 4) is 17.2 Å². The number of rotatable bonds is 4. The van der Waals surface area contributed by atoms with Crippen LogP contribution in [0.25, 0.3) is 0 Å². The first-order valence-electron chi connectivity index (χ1n) is 5.88. The van der Waals surface area contributed by atoms with Crippen LogP contribution >= 0.6 is 22.6 Å². The van der Waals surface area contributed by atoms with Crippen LogP contribution in [0.1, 0.15) is 5.56 Å². The summed E-state index contributed by atoms with van der Waals surface area (Å²) in [5.74, 6) is 1.48. The van der Waals surface area contributed by atoms with Gasteiger partial charge in [-0.2, -0.15) is 0 Å². The number of ether oxygens (including phenoxy) is 2. The molecule has 104 valence electrons. The Balaban J connectivity index is 2.29. The van der Waals surface area contributed by atoms with E-state index in [1.807, 2.05) is 18.2 Å². The van der Waals surface area contributed by atoms with Crippen LogP contribution in [0, 0.1) is 3.57 Å². The molecule has 0 aliphatic heterocycles. The van der Waals surface area contributed by atoms with Gasteiger partial charge in [-0.25, -0.2) is 0 Å². The fourth-order valence-electron chi connectivity index (χ4n) is 1.68. The third kappa shape index (κ3) is 3.41. The molecular weight excluding hydrogens is 369 g/mol. The highest BCUT2D eigenvalue weighted by molar-refractivity contribution is 14.1. The number of phenolic OH excluding ortho intramolecular Hbond substituents is 1. The number of phenols is 1. The Bertz CT molecular complexity index is 641. The lowest BCUT2D eigenvalue weighted by Gasteiger charge is -2.07. The molecule has 0 amide bonds.